The highest BCUT2D eigenvalue weighted by molar-refractivity contribution is 7.37. The fourth-order valence-electron chi connectivity index (χ4n) is 1.30. The molecule has 0 fully saturated rings. The molecule has 0 spiro atoms. The van der Waals surface area contributed by atoms with Crippen molar-refractivity contribution in [2.75, 3.05) is 0 Å². The van der Waals surface area contributed by atoms with Gasteiger partial charge in [-0.3, -0.25) is 14.9 Å². The van der Waals surface area contributed by atoms with E-state index in [4.69, 9.17) is 9.26 Å². The van der Waals surface area contributed by atoms with Gasteiger partial charge in [0.2, 0.25) is 0 Å². The first-order chi connectivity index (χ1) is 9.79. The average Bonchev–Trinajstić information content (AvgIpc) is 2.38. The van der Waals surface area contributed by atoms with Gasteiger partial charge in [-0.2, -0.15) is 0 Å². The van der Waals surface area contributed by atoms with Gasteiger partial charge in [0.05, 0.1) is 11.0 Å². The van der Waals surface area contributed by atoms with Crippen molar-refractivity contribution in [2.24, 2.45) is 0 Å². The number of nitro benzene ring substituents is 1. The Bertz CT molecular complexity index is 531. The van der Waals surface area contributed by atoms with E-state index in [0.29, 0.717) is 0 Å². The topological polar surface area (TPSA) is 108 Å². The monoisotopic (exact) mass is 315 g/mol. The summed E-state index contributed by atoms with van der Waals surface area (Å²) in [6, 6.07) is 4.31. The van der Waals surface area contributed by atoms with Crippen LogP contribution in [0.15, 0.2) is 24.3 Å². The van der Waals surface area contributed by atoms with Crippen LogP contribution in [0.1, 0.15) is 20.8 Å². The van der Waals surface area contributed by atoms with Gasteiger partial charge in [-0.25, -0.2) is 4.52 Å². The second-order valence-corrected chi connectivity index (χ2v) is 5.39. The maximum atomic E-state index is 11.7. The first-order valence-corrected chi connectivity index (χ1v) is 7.33. The summed E-state index contributed by atoms with van der Waals surface area (Å²) in [7, 11) is -2.35. The Kier molecular flexibility index (Phi) is 6.20. The van der Waals surface area contributed by atoms with Crippen LogP contribution in [0.25, 0.3) is 0 Å². The van der Waals surface area contributed by atoms with Gasteiger partial charge in [0.15, 0.2) is 5.75 Å². The molecule has 9 heteroatoms. The first kappa shape index (κ1) is 17.0. The van der Waals surface area contributed by atoms with Gasteiger partial charge in [0.1, 0.15) is 6.04 Å². The van der Waals surface area contributed by atoms with Crippen LogP contribution in [0.5, 0.6) is 5.75 Å². The van der Waals surface area contributed by atoms with E-state index in [1.165, 1.54) is 31.2 Å². The van der Waals surface area contributed by atoms with Crippen molar-refractivity contribution >= 4 is 19.8 Å². The second kappa shape index (κ2) is 7.66. The molecule has 1 unspecified atom stereocenters. The SMILES string of the molecule is CC(C)OC(=O)[C@H](C)N[P+](=O)Oc1ccc([N+](=O)[O-])cc1. The second-order valence-electron chi connectivity index (χ2n) is 4.44. The van der Waals surface area contributed by atoms with Gasteiger partial charge in [-0.05, 0) is 32.9 Å². The minimum absolute atomic E-state index is 0.0978. The largest absolute Gasteiger partial charge is 0.664 e. The smallest absolute Gasteiger partial charge is 0.462 e. The van der Waals surface area contributed by atoms with Crippen LogP contribution in [0.4, 0.5) is 5.69 Å². The zero-order valence-electron chi connectivity index (χ0n) is 11.8. The summed E-state index contributed by atoms with van der Waals surface area (Å²) < 4.78 is 21.7. The van der Waals surface area contributed by atoms with Gasteiger partial charge >= 0.3 is 14.1 Å². The molecule has 8 nitrogen and oxygen atoms in total. The van der Waals surface area contributed by atoms with Gasteiger partial charge in [0, 0.05) is 16.7 Å². The number of ether oxygens (including phenoxy) is 1. The number of hydrogen-bond donors (Lipinski definition) is 1. The Labute approximate surface area is 122 Å². The summed E-state index contributed by atoms with van der Waals surface area (Å²) in [5, 5.41) is 12.9. The molecule has 0 amide bonds. The molecule has 114 valence electrons. The number of nitro groups is 1. The van der Waals surface area contributed by atoms with E-state index in [2.05, 4.69) is 5.09 Å². The number of esters is 1. The lowest BCUT2D eigenvalue weighted by atomic mass is 10.3. The van der Waals surface area contributed by atoms with Crippen LogP contribution in [0, 0.1) is 10.1 Å². The van der Waals surface area contributed by atoms with Crippen molar-refractivity contribution in [3.63, 3.8) is 0 Å². The fraction of sp³-hybridized carbons (Fsp3) is 0.417. The molecule has 2 atom stereocenters. The summed E-state index contributed by atoms with van der Waals surface area (Å²) >= 11 is 0. The molecule has 0 aliphatic rings. The molecule has 0 saturated carbocycles. The molecule has 0 radical (unpaired) electrons. The molecule has 1 rings (SSSR count). The van der Waals surface area contributed by atoms with Crippen LogP contribution in [-0.2, 0) is 14.1 Å². The van der Waals surface area contributed by atoms with Crippen LogP contribution in [0.2, 0.25) is 0 Å². The molecule has 0 bridgehead atoms. The minimum Gasteiger partial charge on any atom is -0.462 e. The zero-order valence-corrected chi connectivity index (χ0v) is 12.7. The molecule has 0 aliphatic heterocycles. The number of carbonyl (C=O) groups excluding carboxylic acids is 1. The molecular formula is C12H16N2O6P+. The highest BCUT2D eigenvalue weighted by Crippen LogP contribution is 2.26. The normalized spacial score (nSPS) is 12.7. The summed E-state index contributed by atoms with van der Waals surface area (Å²) in [5.41, 5.74) is -0.0978. The molecule has 1 N–H and O–H groups in total. The Balaban J connectivity index is 2.53. The predicted octanol–water partition coefficient (Wildman–Crippen LogP) is 2.56. The van der Waals surface area contributed by atoms with Crippen LogP contribution < -0.4 is 9.61 Å². The lowest BCUT2D eigenvalue weighted by molar-refractivity contribution is -0.384. The van der Waals surface area contributed by atoms with E-state index in [1.54, 1.807) is 13.8 Å². The van der Waals surface area contributed by atoms with Gasteiger partial charge in [0.25, 0.3) is 5.69 Å². The molecule has 21 heavy (non-hydrogen) atoms. The number of nitrogens with zero attached hydrogens (tertiary/aromatic N) is 1. The maximum absolute atomic E-state index is 11.7. The fourth-order valence-corrected chi connectivity index (χ4v) is 2.08. The van der Waals surface area contributed by atoms with Crippen LogP contribution in [-0.4, -0.2) is 23.0 Å². The Morgan fingerprint density at radius 3 is 2.33 bits per heavy atom. The van der Waals surface area contributed by atoms with Crippen molar-refractivity contribution in [2.45, 2.75) is 32.9 Å². The van der Waals surface area contributed by atoms with Crippen LogP contribution >= 0.6 is 8.18 Å². The third-order valence-electron chi connectivity index (χ3n) is 2.24. The molecule has 0 heterocycles. The van der Waals surface area contributed by atoms with Crippen molar-refractivity contribution in [3.8, 4) is 5.75 Å². The Morgan fingerprint density at radius 2 is 1.86 bits per heavy atom. The van der Waals surface area contributed by atoms with Gasteiger partial charge < -0.3 is 4.74 Å². The van der Waals surface area contributed by atoms with Crippen LogP contribution in [0.3, 0.4) is 0 Å². The van der Waals surface area contributed by atoms with E-state index in [1.807, 2.05) is 0 Å². The lowest BCUT2D eigenvalue weighted by Gasteiger charge is -2.10. The number of nitrogens with one attached hydrogen (secondary N) is 1. The predicted molar refractivity (Wildman–Crippen MR) is 75.2 cm³/mol. The van der Waals surface area contributed by atoms with Crippen molar-refractivity contribution in [3.05, 3.63) is 34.4 Å². The third kappa shape index (κ3) is 5.85. The summed E-state index contributed by atoms with van der Waals surface area (Å²) in [6.07, 6.45) is -0.268. The zero-order chi connectivity index (χ0) is 16.0. The molecule has 0 aliphatic carbocycles. The lowest BCUT2D eigenvalue weighted by Crippen LogP contribution is -2.33. The van der Waals surface area contributed by atoms with E-state index < -0.39 is 25.1 Å². The first-order valence-electron chi connectivity index (χ1n) is 6.16. The van der Waals surface area contributed by atoms with Crippen molar-refractivity contribution in [1.29, 1.82) is 0 Å². The third-order valence-corrected chi connectivity index (χ3v) is 3.22. The van der Waals surface area contributed by atoms with Gasteiger partial charge in [-0.15, -0.1) is 0 Å². The number of carbonyl (C=O) groups is 1. The van der Waals surface area contributed by atoms with Crippen molar-refractivity contribution in [1.82, 2.24) is 5.09 Å². The number of hydrogen-bond acceptors (Lipinski definition) is 6. The quantitative estimate of drug-likeness (QED) is 0.356. The highest BCUT2D eigenvalue weighted by Gasteiger charge is 2.29. The molecular weight excluding hydrogens is 299 g/mol. The summed E-state index contributed by atoms with van der Waals surface area (Å²) in [5.74, 6) is -0.348. The minimum atomic E-state index is -2.35. The molecule has 1 aromatic rings. The highest BCUT2D eigenvalue weighted by atomic mass is 31.1. The van der Waals surface area contributed by atoms with E-state index >= 15 is 0 Å². The van der Waals surface area contributed by atoms with Gasteiger partial charge in [-0.1, -0.05) is 5.09 Å². The number of non-ortho nitro benzene ring substituents is 1. The average molecular weight is 315 g/mol. The standard InChI is InChI=1S/C12H16N2O6P/c1-8(2)19-12(15)9(3)13-21(18)20-11-6-4-10(5-7-11)14(16)17/h4-9H,1-3H3,(H,13,18)/q+1/t9-/m0/s1. The van der Waals surface area contributed by atoms with Crippen molar-refractivity contribution < 1.29 is 23.5 Å². The molecule has 1 aromatic carbocycles. The van der Waals surface area contributed by atoms with E-state index in [-0.39, 0.29) is 17.5 Å². The molecule has 0 saturated heterocycles. The Morgan fingerprint density at radius 1 is 1.29 bits per heavy atom. The summed E-state index contributed by atoms with van der Waals surface area (Å²) in [4.78, 5) is 21.5. The number of benzene rings is 1. The number of rotatable bonds is 7. The maximum Gasteiger partial charge on any atom is 0.664 e. The molecule has 0 aromatic heterocycles. The van der Waals surface area contributed by atoms with E-state index in [0.717, 1.165) is 0 Å². The Hall–Kier alpha value is -2.05. The van der Waals surface area contributed by atoms with E-state index in [9.17, 15) is 19.5 Å². The summed E-state index contributed by atoms with van der Waals surface area (Å²) in [6.45, 7) is 4.91.